The molecule has 2 heterocycles. The van der Waals surface area contributed by atoms with Crippen LogP contribution < -0.4 is 10.6 Å². The molecule has 0 spiro atoms. The number of hydrogen-bond donors (Lipinski definition) is 2. The Labute approximate surface area is 161 Å². The standard InChI is InChI=1S/C16H29N5S.HI/c1-4-14-11-19-15(22-14)12-20-16(17-2)18-8-5-13-6-9-21(3)10-7-13;/h11,13H,4-10,12H2,1-3H3,(H2,17,18,20);1H. The second kappa shape index (κ2) is 11.2. The van der Waals surface area contributed by atoms with Gasteiger partial charge in [-0.3, -0.25) is 4.99 Å². The lowest BCUT2D eigenvalue weighted by molar-refractivity contribution is 0.213. The number of nitrogens with zero attached hydrogens (tertiary/aromatic N) is 3. The number of rotatable bonds is 6. The van der Waals surface area contributed by atoms with Crippen molar-refractivity contribution >= 4 is 41.3 Å². The summed E-state index contributed by atoms with van der Waals surface area (Å²) in [5, 5.41) is 7.89. The lowest BCUT2D eigenvalue weighted by Gasteiger charge is -2.29. The molecule has 132 valence electrons. The number of nitrogens with one attached hydrogen (secondary N) is 2. The van der Waals surface area contributed by atoms with Crippen LogP contribution in [0, 0.1) is 5.92 Å². The van der Waals surface area contributed by atoms with E-state index in [-0.39, 0.29) is 24.0 Å². The molecule has 0 radical (unpaired) electrons. The van der Waals surface area contributed by atoms with E-state index in [9.17, 15) is 0 Å². The van der Waals surface area contributed by atoms with Crippen LogP contribution in [0.25, 0.3) is 0 Å². The van der Waals surface area contributed by atoms with Gasteiger partial charge in [-0.1, -0.05) is 6.92 Å². The smallest absolute Gasteiger partial charge is 0.191 e. The van der Waals surface area contributed by atoms with E-state index in [2.05, 4.69) is 39.5 Å². The minimum absolute atomic E-state index is 0. The minimum Gasteiger partial charge on any atom is -0.356 e. The Balaban J connectivity index is 0.00000264. The third kappa shape index (κ3) is 7.34. The summed E-state index contributed by atoms with van der Waals surface area (Å²) in [7, 11) is 4.03. The predicted octanol–water partition coefficient (Wildman–Crippen LogP) is 2.72. The Bertz CT molecular complexity index is 469. The molecule has 23 heavy (non-hydrogen) atoms. The molecule has 1 aliphatic rings. The van der Waals surface area contributed by atoms with E-state index in [1.54, 1.807) is 11.3 Å². The van der Waals surface area contributed by atoms with Crippen LogP contribution in [-0.2, 0) is 13.0 Å². The lowest BCUT2D eigenvalue weighted by Crippen LogP contribution is -2.38. The first-order valence-electron chi connectivity index (χ1n) is 8.28. The van der Waals surface area contributed by atoms with Crippen LogP contribution in [0.4, 0.5) is 0 Å². The van der Waals surface area contributed by atoms with Gasteiger partial charge in [-0.05, 0) is 51.7 Å². The Morgan fingerprint density at radius 1 is 1.39 bits per heavy atom. The minimum atomic E-state index is 0. The fraction of sp³-hybridized carbons (Fsp3) is 0.750. The fourth-order valence-corrected chi connectivity index (χ4v) is 3.52. The van der Waals surface area contributed by atoms with Crippen LogP contribution in [0.3, 0.4) is 0 Å². The number of aliphatic imine (C=N–C) groups is 1. The molecule has 0 saturated carbocycles. The maximum absolute atomic E-state index is 4.42. The first-order valence-corrected chi connectivity index (χ1v) is 9.09. The summed E-state index contributed by atoms with van der Waals surface area (Å²) >= 11 is 1.77. The van der Waals surface area contributed by atoms with Gasteiger partial charge in [-0.15, -0.1) is 35.3 Å². The summed E-state index contributed by atoms with van der Waals surface area (Å²) in [6, 6.07) is 0. The second-order valence-corrected chi connectivity index (χ2v) is 7.16. The van der Waals surface area contributed by atoms with Crippen LogP contribution in [0.2, 0.25) is 0 Å². The third-order valence-corrected chi connectivity index (χ3v) is 5.41. The van der Waals surface area contributed by atoms with Gasteiger partial charge in [0.1, 0.15) is 5.01 Å². The molecular weight excluding hydrogens is 421 g/mol. The molecule has 1 aromatic rings. The van der Waals surface area contributed by atoms with Crippen molar-refractivity contribution in [2.24, 2.45) is 10.9 Å². The van der Waals surface area contributed by atoms with Gasteiger partial charge >= 0.3 is 0 Å². The number of aromatic nitrogens is 1. The molecule has 7 heteroatoms. The number of aryl methyl sites for hydroxylation is 1. The van der Waals surface area contributed by atoms with E-state index in [1.807, 2.05) is 13.2 Å². The molecule has 0 aromatic carbocycles. The molecule has 0 atom stereocenters. The highest BCUT2D eigenvalue weighted by Crippen LogP contribution is 2.18. The molecule has 0 unspecified atom stereocenters. The zero-order valence-corrected chi connectivity index (χ0v) is 17.6. The highest BCUT2D eigenvalue weighted by Gasteiger charge is 2.16. The van der Waals surface area contributed by atoms with Crippen LogP contribution in [-0.4, -0.2) is 49.6 Å². The van der Waals surface area contributed by atoms with E-state index >= 15 is 0 Å². The third-order valence-electron chi connectivity index (χ3n) is 4.26. The number of guanidine groups is 1. The van der Waals surface area contributed by atoms with Crippen molar-refractivity contribution in [2.75, 3.05) is 33.7 Å². The molecule has 1 aromatic heterocycles. The van der Waals surface area contributed by atoms with Crippen LogP contribution in [0.5, 0.6) is 0 Å². The van der Waals surface area contributed by atoms with Crippen molar-refractivity contribution in [2.45, 2.75) is 39.2 Å². The van der Waals surface area contributed by atoms with E-state index in [4.69, 9.17) is 0 Å². The molecule has 1 saturated heterocycles. The molecule has 0 amide bonds. The van der Waals surface area contributed by atoms with Crippen LogP contribution in [0.1, 0.15) is 36.1 Å². The second-order valence-electron chi connectivity index (χ2n) is 5.96. The fourth-order valence-electron chi connectivity index (χ4n) is 2.72. The predicted molar refractivity (Wildman–Crippen MR) is 110 cm³/mol. The first-order chi connectivity index (χ1) is 10.7. The van der Waals surface area contributed by atoms with Gasteiger partial charge in [0.2, 0.25) is 0 Å². The van der Waals surface area contributed by atoms with Crippen molar-refractivity contribution in [1.29, 1.82) is 0 Å². The Morgan fingerprint density at radius 2 is 2.13 bits per heavy atom. The number of halogens is 1. The Hall–Kier alpha value is -0.410. The summed E-state index contributed by atoms with van der Waals surface area (Å²) in [6.07, 6.45) is 6.90. The van der Waals surface area contributed by atoms with Crippen molar-refractivity contribution < 1.29 is 0 Å². The topological polar surface area (TPSA) is 52.6 Å². The molecular formula is C16H30IN5S. The lowest BCUT2D eigenvalue weighted by atomic mass is 9.94. The molecule has 1 fully saturated rings. The van der Waals surface area contributed by atoms with Crippen LogP contribution >= 0.6 is 35.3 Å². The SMILES string of the molecule is CCc1cnc(CNC(=NC)NCCC2CCN(C)CC2)s1.I. The van der Waals surface area contributed by atoms with Gasteiger partial charge in [0.15, 0.2) is 5.96 Å². The first kappa shape index (κ1) is 20.6. The number of hydrogen-bond acceptors (Lipinski definition) is 4. The molecule has 2 N–H and O–H groups in total. The number of likely N-dealkylation sites (tertiary alicyclic amines) is 1. The average Bonchev–Trinajstić information content (AvgIpc) is 3.00. The molecule has 2 rings (SSSR count). The largest absolute Gasteiger partial charge is 0.356 e. The zero-order chi connectivity index (χ0) is 15.8. The Morgan fingerprint density at radius 3 is 2.74 bits per heavy atom. The van der Waals surface area contributed by atoms with Gasteiger partial charge in [-0.25, -0.2) is 4.98 Å². The van der Waals surface area contributed by atoms with Crippen molar-refractivity contribution in [3.8, 4) is 0 Å². The van der Waals surface area contributed by atoms with E-state index < -0.39 is 0 Å². The molecule has 0 aliphatic carbocycles. The van der Waals surface area contributed by atoms with Gasteiger partial charge in [-0.2, -0.15) is 0 Å². The maximum atomic E-state index is 4.42. The van der Waals surface area contributed by atoms with Crippen molar-refractivity contribution in [3.05, 3.63) is 16.1 Å². The van der Waals surface area contributed by atoms with Gasteiger partial charge in [0.25, 0.3) is 0 Å². The van der Waals surface area contributed by atoms with Gasteiger partial charge in [0.05, 0.1) is 6.54 Å². The Kier molecular flexibility index (Phi) is 10.0. The summed E-state index contributed by atoms with van der Waals surface area (Å²) in [4.78, 5) is 12.5. The van der Waals surface area contributed by atoms with Gasteiger partial charge < -0.3 is 15.5 Å². The zero-order valence-electron chi connectivity index (χ0n) is 14.5. The van der Waals surface area contributed by atoms with Crippen LogP contribution in [0.15, 0.2) is 11.2 Å². The highest BCUT2D eigenvalue weighted by molar-refractivity contribution is 14.0. The summed E-state index contributed by atoms with van der Waals surface area (Å²) in [6.45, 7) is 6.38. The number of piperidine rings is 1. The quantitative estimate of drug-likeness (QED) is 0.397. The van der Waals surface area contributed by atoms with E-state index in [0.29, 0.717) is 0 Å². The normalized spacial score (nSPS) is 16.9. The highest BCUT2D eigenvalue weighted by atomic mass is 127. The monoisotopic (exact) mass is 451 g/mol. The summed E-state index contributed by atoms with van der Waals surface area (Å²) < 4.78 is 0. The summed E-state index contributed by atoms with van der Waals surface area (Å²) in [5.74, 6) is 1.73. The molecule has 0 bridgehead atoms. The van der Waals surface area contributed by atoms with Crippen molar-refractivity contribution in [3.63, 3.8) is 0 Å². The van der Waals surface area contributed by atoms with E-state index in [1.165, 1.54) is 37.2 Å². The number of thiazole rings is 1. The molecule has 1 aliphatic heterocycles. The summed E-state index contributed by atoms with van der Waals surface area (Å²) in [5.41, 5.74) is 0. The van der Waals surface area contributed by atoms with Gasteiger partial charge in [0, 0.05) is 24.7 Å². The molecule has 5 nitrogen and oxygen atoms in total. The maximum Gasteiger partial charge on any atom is 0.191 e. The van der Waals surface area contributed by atoms with Crippen molar-refractivity contribution in [1.82, 2.24) is 20.5 Å². The van der Waals surface area contributed by atoms with E-state index in [0.717, 1.165) is 36.4 Å². The average molecular weight is 451 g/mol.